The fraction of sp³-hybridized carbons (Fsp3) is 0.278. The molecule has 0 spiro atoms. The third kappa shape index (κ3) is 4.18. The number of alkyl halides is 5. The minimum absolute atomic E-state index is 0.0503. The van der Waals surface area contributed by atoms with E-state index in [-0.39, 0.29) is 21.6 Å². The van der Waals surface area contributed by atoms with Crippen molar-refractivity contribution in [3.8, 4) is 0 Å². The molecule has 0 radical (unpaired) electrons. The molecule has 0 bridgehead atoms. The van der Waals surface area contributed by atoms with Crippen molar-refractivity contribution >= 4 is 21.0 Å². The van der Waals surface area contributed by atoms with Crippen molar-refractivity contribution in [2.24, 2.45) is 0 Å². The summed E-state index contributed by atoms with van der Waals surface area (Å²) in [5, 5.41) is 0. The number of pyridine rings is 1. The first-order chi connectivity index (χ1) is 12.4. The highest BCUT2D eigenvalue weighted by Gasteiger charge is 2.40. The lowest BCUT2D eigenvalue weighted by atomic mass is 9.98. The predicted octanol–water partition coefficient (Wildman–Crippen LogP) is 4.84. The normalized spacial score (nSPS) is 17.4. The van der Waals surface area contributed by atoms with Crippen molar-refractivity contribution in [1.82, 2.24) is 4.98 Å². The van der Waals surface area contributed by atoms with Crippen molar-refractivity contribution < 1.29 is 30.4 Å². The van der Waals surface area contributed by atoms with E-state index in [9.17, 15) is 30.4 Å². The molecule has 1 heterocycles. The smallest absolute Gasteiger partial charge is 0.251 e. The van der Waals surface area contributed by atoms with Gasteiger partial charge in [-0.1, -0.05) is 18.2 Å². The van der Waals surface area contributed by atoms with Crippen LogP contribution in [0.2, 0.25) is 0 Å². The molecule has 2 aromatic rings. The second-order valence-electron chi connectivity index (χ2n) is 6.39. The van der Waals surface area contributed by atoms with Gasteiger partial charge in [-0.25, -0.2) is 17.2 Å². The molecule has 0 fully saturated rings. The maximum absolute atomic E-state index is 14.0. The quantitative estimate of drug-likeness (QED) is 0.689. The van der Waals surface area contributed by atoms with Crippen molar-refractivity contribution in [3.05, 3.63) is 59.4 Å². The zero-order chi connectivity index (χ0) is 20.0. The molecule has 0 aliphatic heterocycles. The van der Waals surface area contributed by atoms with Crippen molar-refractivity contribution in [2.45, 2.75) is 29.8 Å². The third-order valence-electron chi connectivity index (χ3n) is 4.27. The summed E-state index contributed by atoms with van der Waals surface area (Å²) in [5.74, 6) is -3.04. The van der Waals surface area contributed by atoms with Crippen LogP contribution in [0.3, 0.4) is 0 Å². The summed E-state index contributed by atoms with van der Waals surface area (Å²) < 4.78 is 89.1. The Morgan fingerprint density at radius 2 is 1.44 bits per heavy atom. The Morgan fingerprint density at radius 3 is 1.89 bits per heavy atom. The topological polar surface area (TPSA) is 47.0 Å². The summed E-state index contributed by atoms with van der Waals surface area (Å²) in [6.45, 7) is 0. The number of rotatable bonds is 3. The largest absolute Gasteiger partial charge is 0.433 e. The van der Waals surface area contributed by atoms with E-state index in [1.165, 1.54) is 24.3 Å². The lowest BCUT2D eigenvalue weighted by molar-refractivity contribution is -0.141. The van der Waals surface area contributed by atoms with Gasteiger partial charge in [0.05, 0.1) is 4.90 Å². The maximum Gasteiger partial charge on any atom is 0.433 e. The number of nitrogens with zero attached hydrogens (tertiary/aromatic N) is 1. The minimum atomic E-state index is -4.61. The summed E-state index contributed by atoms with van der Waals surface area (Å²) >= 11 is 0. The second-order valence-corrected chi connectivity index (χ2v) is 8.41. The molecule has 144 valence electrons. The van der Waals surface area contributed by atoms with E-state index in [2.05, 4.69) is 4.98 Å². The molecule has 1 aliphatic rings. The first kappa shape index (κ1) is 19.5. The maximum atomic E-state index is 14.0. The van der Waals surface area contributed by atoms with Crippen molar-refractivity contribution in [1.29, 1.82) is 0 Å². The van der Waals surface area contributed by atoms with Crippen LogP contribution in [0.5, 0.6) is 0 Å². The Bertz CT molecular complexity index is 992. The van der Waals surface area contributed by atoms with E-state index in [4.69, 9.17) is 0 Å². The van der Waals surface area contributed by atoms with Crippen LogP contribution >= 0.6 is 0 Å². The second kappa shape index (κ2) is 6.40. The van der Waals surface area contributed by atoms with Crippen LogP contribution in [0, 0.1) is 0 Å². The van der Waals surface area contributed by atoms with Gasteiger partial charge in [0, 0.05) is 25.3 Å². The van der Waals surface area contributed by atoms with Gasteiger partial charge >= 0.3 is 6.18 Å². The molecule has 0 amide bonds. The van der Waals surface area contributed by atoms with Crippen molar-refractivity contribution in [3.63, 3.8) is 0 Å². The summed E-state index contributed by atoms with van der Waals surface area (Å²) in [5.41, 5.74) is -0.0533. The van der Waals surface area contributed by atoms with Crippen LogP contribution in [0.15, 0.2) is 47.5 Å². The van der Waals surface area contributed by atoms with Crippen LogP contribution in [0.4, 0.5) is 22.0 Å². The molecule has 1 aromatic carbocycles. The Morgan fingerprint density at radius 1 is 0.926 bits per heavy atom. The summed E-state index contributed by atoms with van der Waals surface area (Å²) in [7, 11) is -3.43. The van der Waals surface area contributed by atoms with Gasteiger partial charge in [-0.15, -0.1) is 0 Å². The van der Waals surface area contributed by atoms with E-state index in [1.807, 2.05) is 0 Å². The van der Waals surface area contributed by atoms with Gasteiger partial charge < -0.3 is 0 Å². The molecule has 3 rings (SSSR count). The van der Waals surface area contributed by atoms with Gasteiger partial charge in [0.15, 0.2) is 9.84 Å². The standard InChI is InChI=1S/C18H14F5NO2S/c1-27(25,26)13-5-2-11(3-6-13)14-8-17(19,20)9-15(14)12-4-7-16(24-10-12)18(21,22)23/h2-7,10H,8-9H2,1H3. The Hall–Kier alpha value is -2.29. The molecule has 0 unspecified atom stereocenters. The molecule has 1 aliphatic carbocycles. The summed E-state index contributed by atoms with van der Waals surface area (Å²) in [6.07, 6.45) is -3.85. The number of sulfone groups is 1. The predicted molar refractivity (Wildman–Crippen MR) is 89.8 cm³/mol. The highest BCUT2D eigenvalue weighted by molar-refractivity contribution is 7.90. The summed E-state index contributed by atoms with van der Waals surface area (Å²) in [6, 6.07) is 7.35. The number of hydrogen-bond acceptors (Lipinski definition) is 3. The van der Waals surface area contributed by atoms with Gasteiger partial charge in [-0.3, -0.25) is 4.98 Å². The molecular formula is C18H14F5NO2S. The van der Waals surface area contributed by atoms with Crippen LogP contribution in [-0.2, 0) is 16.0 Å². The van der Waals surface area contributed by atoms with Crippen LogP contribution in [-0.4, -0.2) is 25.6 Å². The minimum Gasteiger partial charge on any atom is -0.251 e. The molecule has 1 aromatic heterocycles. The lowest BCUT2D eigenvalue weighted by Gasteiger charge is -2.10. The SMILES string of the molecule is CS(=O)(=O)c1ccc(C2=C(c3ccc(C(F)(F)F)nc3)CC(F)(F)C2)cc1. The first-order valence-electron chi connectivity index (χ1n) is 7.81. The monoisotopic (exact) mass is 403 g/mol. The van der Waals surface area contributed by atoms with Gasteiger partial charge in [0.25, 0.3) is 5.92 Å². The Kier molecular flexibility index (Phi) is 4.62. The molecular weight excluding hydrogens is 389 g/mol. The van der Waals surface area contributed by atoms with E-state index >= 15 is 0 Å². The molecule has 0 saturated carbocycles. The average molecular weight is 403 g/mol. The third-order valence-corrected chi connectivity index (χ3v) is 5.40. The highest BCUT2D eigenvalue weighted by Crippen LogP contribution is 2.48. The molecule has 0 N–H and O–H groups in total. The zero-order valence-corrected chi connectivity index (χ0v) is 14.8. The number of aromatic nitrogens is 1. The average Bonchev–Trinajstić information content (AvgIpc) is 2.89. The number of allylic oxidation sites excluding steroid dienone is 2. The number of hydrogen-bond donors (Lipinski definition) is 0. The van der Waals surface area contributed by atoms with Gasteiger partial charge in [0.1, 0.15) is 5.69 Å². The van der Waals surface area contributed by atoms with E-state index in [0.717, 1.165) is 24.6 Å². The van der Waals surface area contributed by atoms with Gasteiger partial charge in [-0.05, 0) is 40.5 Å². The van der Waals surface area contributed by atoms with E-state index < -0.39 is 40.5 Å². The zero-order valence-electron chi connectivity index (χ0n) is 14.0. The fourth-order valence-electron chi connectivity index (χ4n) is 2.99. The van der Waals surface area contributed by atoms with E-state index in [0.29, 0.717) is 5.56 Å². The molecule has 9 heteroatoms. The van der Waals surface area contributed by atoms with E-state index in [1.54, 1.807) is 0 Å². The Labute approximate surface area is 152 Å². The number of benzene rings is 1. The molecule has 0 saturated heterocycles. The lowest BCUT2D eigenvalue weighted by Crippen LogP contribution is -2.10. The first-order valence-corrected chi connectivity index (χ1v) is 9.70. The van der Waals surface area contributed by atoms with Crippen LogP contribution in [0.25, 0.3) is 11.1 Å². The summed E-state index contributed by atoms with van der Waals surface area (Å²) in [4.78, 5) is 3.38. The van der Waals surface area contributed by atoms with Crippen LogP contribution < -0.4 is 0 Å². The van der Waals surface area contributed by atoms with Gasteiger partial charge in [-0.2, -0.15) is 13.2 Å². The fourth-order valence-corrected chi connectivity index (χ4v) is 3.62. The molecule has 0 atom stereocenters. The molecule has 3 nitrogen and oxygen atoms in total. The van der Waals surface area contributed by atoms with Crippen LogP contribution in [0.1, 0.15) is 29.7 Å². The van der Waals surface area contributed by atoms with Gasteiger partial charge in [0.2, 0.25) is 0 Å². The van der Waals surface area contributed by atoms with Crippen molar-refractivity contribution in [2.75, 3.05) is 6.26 Å². The Balaban J connectivity index is 2.04. The number of halogens is 5. The molecule has 27 heavy (non-hydrogen) atoms. The highest BCUT2D eigenvalue weighted by atomic mass is 32.2.